The van der Waals surface area contributed by atoms with E-state index in [0.29, 0.717) is 0 Å². The van der Waals surface area contributed by atoms with Crippen LogP contribution < -0.4 is 0 Å². The van der Waals surface area contributed by atoms with E-state index in [4.69, 9.17) is 11.6 Å². The van der Waals surface area contributed by atoms with Gasteiger partial charge in [-0.1, -0.05) is 23.7 Å². The van der Waals surface area contributed by atoms with Crippen LogP contribution in [0.25, 0.3) is 0 Å². The molecule has 2 nitrogen and oxygen atoms in total. The Kier molecular flexibility index (Phi) is 4.11. The third kappa shape index (κ3) is 2.96. The molecule has 19 heavy (non-hydrogen) atoms. The van der Waals surface area contributed by atoms with Gasteiger partial charge >= 0.3 is 0 Å². The van der Waals surface area contributed by atoms with Crippen molar-refractivity contribution in [2.24, 2.45) is 0 Å². The lowest BCUT2D eigenvalue weighted by atomic mass is 9.99. The molecular formula is C16H23ClN2. The molecule has 0 aliphatic carbocycles. The molecule has 0 bridgehead atoms. The van der Waals surface area contributed by atoms with Gasteiger partial charge in [0.25, 0.3) is 0 Å². The number of rotatable bonds is 3. The summed E-state index contributed by atoms with van der Waals surface area (Å²) in [6.45, 7) is 4.74. The highest BCUT2D eigenvalue weighted by Crippen LogP contribution is 2.26. The molecule has 0 saturated carbocycles. The van der Waals surface area contributed by atoms with Crippen molar-refractivity contribution >= 4 is 11.6 Å². The van der Waals surface area contributed by atoms with Crippen molar-refractivity contribution in [2.75, 3.05) is 26.7 Å². The van der Waals surface area contributed by atoms with E-state index in [2.05, 4.69) is 29.0 Å². The molecule has 1 saturated heterocycles. The van der Waals surface area contributed by atoms with Crippen LogP contribution in [0.1, 0.15) is 30.4 Å². The van der Waals surface area contributed by atoms with Crippen molar-refractivity contribution in [1.29, 1.82) is 0 Å². The van der Waals surface area contributed by atoms with E-state index < -0.39 is 0 Å². The molecule has 2 aliphatic heterocycles. The normalized spacial score (nSPS) is 24.6. The van der Waals surface area contributed by atoms with Gasteiger partial charge in [0.2, 0.25) is 0 Å². The minimum atomic E-state index is 0.806. The second-order valence-corrected chi connectivity index (χ2v) is 6.38. The highest BCUT2D eigenvalue weighted by atomic mass is 35.5. The van der Waals surface area contributed by atoms with Gasteiger partial charge in [-0.2, -0.15) is 0 Å². The molecule has 0 N–H and O–H groups in total. The molecule has 0 aromatic heterocycles. The van der Waals surface area contributed by atoms with Crippen molar-refractivity contribution in [3.8, 4) is 0 Å². The van der Waals surface area contributed by atoms with E-state index in [9.17, 15) is 0 Å². The van der Waals surface area contributed by atoms with Gasteiger partial charge < -0.3 is 4.90 Å². The van der Waals surface area contributed by atoms with Gasteiger partial charge in [-0.3, -0.25) is 4.90 Å². The Labute approximate surface area is 121 Å². The number of nitrogens with zero attached hydrogens (tertiary/aromatic N) is 2. The van der Waals surface area contributed by atoms with E-state index in [1.807, 2.05) is 6.07 Å². The maximum absolute atomic E-state index is 6.26. The number of halogens is 1. The molecular weight excluding hydrogens is 256 g/mol. The lowest BCUT2D eigenvalue weighted by molar-refractivity contribution is 0.211. The van der Waals surface area contributed by atoms with E-state index in [-0.39, 0.29) is 0 Å². The summed E-state index contributed by atoms with van der Waals surface area (Å²) >= 11 is 6.26. The molecule has 1 atom stereocenters. The third-order valence-corrected chi connectivity index (χ3v) is 5.09. The van der Waals surface area contributed by atoms with Crippen LogP contribution in [-0.4, -0.2) is 42.5 Å². The summed E-state index contributed by atoms with van der Waals surface area (Å²) in [6, 6.07) is 7.13. The Hall–Kier alpha value is -0.570. The topological polar surface area (TPSA) is 6.48 Å². The van der Waals surface area contributed by atoms with Crippen LogP contribution >= 0.6 is 11.6 Å². The lowest BCUT2D eigenvalue weighted by Crippen LogP contribution is -2.35. The van der Waals surface area contributed by atoms with Crippen molar-refractivity contribution in [3.63, 3.8) is 0 Å². The van der Waals surface area contributed by atoms with Crippen LogP contribution in [0, 0.1) is 0 Å². The van der Waals surface area contributed by atoms with Crippen molar-refractivity contribution in [2.45, 2.75) is 38.3 Å². The molecule has 0 amide bonds. The van der Waals surface area contributed by atoms with E-state index in [1.54, 1.807) is 0 Å². The SMILES string of the molecule is CN1CCCC1CCN1CCc2c(Cl)cccc2C1. The summed E-state index contributed by atoms with van der Waals surface area (Å²) in [7, 11) is 2.27. The Bertz CT molecular complexity index is 446. The van der Waals surface area contributed by atoms with Gasteiger partial charge in [-0.05, 0) is 63.0 Å². The minimum Gasteiger partial charge on any atom is -0.303 e. The predicted molar refractivity (Wildman–Crippen MR) is 80.7 cm³/mol. The predicted octanol–water partition coefficient (Wildman–Crippen LogP) is 3.18. The minimum absolute atomic E-state index is 0.806. The number of benzene rings is 1. The van der Waals surface area contributed by atoms with Crippen molar-refractivity contribution < 1.29 is 0 Å². The second kappa shape index (κ2) is 5.82. The molecule has 1 aromatic rings. The van der Waals surface area contributed by atoms with Gasteiger partial charge in [0.05, 0.1) is 0 Å². The van der Waals surface area contributed by atoms with Crippen LogP contribution in [0.3, 0.4) is 0 Å². The summed E-state index contributed by atoms with van der Waals surface area (Å²) in [5.41, 5.74) is 2.80. The Morgan fingerprint density at radius 2 is 2.21 bits per heavy atom. The summed E-state index contributed by atoms with van der Waals surface area (Å²) in [6.07, 6.45) is 5.17. The quantitative estimate of drug-likeness (QED) is 0.838. The fourth-order valence-corrected chi connectivity index (χ4v) is 3.78. The Balaban J connectivity index is 1.57. The van der Waals surface area contributed by atoms with Gasteiger partial charge in [0, 0.05) is 24.2 Å². The number of hydrogen-bond donors (Lipinski definition) is 0. The first-order chi connectivity index (χ1) is 9.24. The summed E-state index contributed by atoms with van der Waals surface area (Å²) in [4.78, 5) is 5.11. The van der Waals surface area contributed by atoms with Crippen LogP contribution in [0.2, 0.25) is 5.02 Å². The molecule has 2 heterocycles. The zero-order valence-electron chi connectivity index (χ0n) is 11.7. The molecule has 2 aliphatic rings. The molecule has 104 valence electrons. The summed E-state index contributed by atoms with van der Waals surface area (Å²) in [5, 5.41) is 0.952. The van der Waals surface area contributed by atoms with Gasteiger partial charge in [-0.25, -0.2) is 0 Å². The zero-order chi connectivity index (χ0) is 13.2. The fourth-order valence-electron chi connectivity index (χ4n) is 3.49. The number of fused-ring (bicyclic) bond motifs is 1. The maximum atomic E-state index is 6.26. The van der Waals surface area contributed by atoms with Crippen LogP contribution in [-0.2, 0) is 13.0 Å². The van der Waals surface area contributed by atoms with Crippen LogP contribution in [0.15, 0.2) is 18.2 Å². The number of hydrogen-bond acceptors (Lipinski definition) is 2. The fraction of sp³-hybridized carbons (Fsp3) is 0.625. The van der Waals surface area contributed by atoms with Gasteiger partial charge in [-0.15, -0.1) is 0 Å². The smallest absolute Gasteiger partial charge is 0.0441 e. The highest BCUT2D eigenvalue weighted by molar-refractivity contribution is 6.31. The summed E-state index contributed by atoms with van der Waals surface area (Å²) in [5.74, 6) is 0. The number of likely N-dealkylation sites (tertiary alicyclic amines) is 1. The average Bonchev–Trinajstić information content (AvgIpc) is 2.82. The molecule has 1 aromatic carbocycles. The van der Waals surface area contributed by atoms with Crippen LogP contribution in [0.4, 0.5) is 0 Å². The Morgan fingerprint density at radius 1 is 1.32 bits per heavy atom. The molecule has 3 rings (SSSR count). The van der Waals surface area contributed by atoms with E-state index in [0.717, 1.165) is 30.6 Å². The third-order valence-electron chi connectivity index (χ3n) is 4.74. The molecule has 3 heteroatoms. The maximum Gasteiger partial charge on any atom is 0.0441 e. The molecule has 0 spiro atoms. The van der Waals surface area contributed by atoms with Crippen molar-refractivity contribution in [3.05, 3.63) is 34.3 Å². The summed E-state index contributed by atoms with van der Waals surface area (Å²) < 4.78 is 0. The second-order valence-electron chi connectivity index (χ2n) is 5.97. The van der Waals surface area contributed by atoms with Crippen LogP contribution in [0.5, 0.6) is 0 Å². The monoisotopic (exact) mass is 278 g/mol. The van der Waals surface area contributed by atoms with E-state index >= 15 is 0 Å². The van der Waals surface area contributed by atoms with Gasteiger partial charge in [0.15, 0.2) is 0 Å². The zero-order valence-corrected chi connectivity index (χ0v) is 12.5. The molecule has 1 fully saturated rings. The molecule has 0 radical (unpaired) electrons. The van der Waals surface area contributed by atoms with E-state index in [1.165, 1.54) is 43.5 Å². The average molecular weight is 279 g/mol. The largest absolute Gasteiger partial charge is 0.303 e. The van der Waals surface area contributed by atoms with Crippen molar-refractivity contribution in [1.82, 2.24) is 9.80 Å². The molecule has 1 unspecified atom stereocenters. The van der Waals surface area contributed by atoms with Gasteiger partial charge in [0.1, 0.15) is 0 Å². The first-order valence-corrected chi connectivity index (χ1v) is 7.80. The first-order valence-electron chi connectivity index (χ1n) is 7.43. The Morgan fingerprint density at radius 3 is 3.00 bits per heavy atom. The standard InChI is InChI=1S/C16H23ClN2/c1-18-9-3-5-14(18)7-10-19-11-8-15-13(12-19)4-2-6-16(15)17/h2,4,6,14H,3,5,7-12H2,1H3. The highest BCUT2D eigenvalue weighted by Gasteiger charge is 2.23. The first kappa shape index (κ1) is 13.4. The lowest BCUT2D eigenvalue weighted by Gasteiger charge is -2.31.